The molecule has 8 heteroatoms. The Labute approximate surface area is 201 Å². The molecule has 1 saturated carbocycles. The number of aromatic nitrogens is 2. The summed E-state index contributed by atoms with van der Waals surface area (Å²) in [4.78, 5) is 25.9. The molecule has 1 N–H and O–H groups in total. The molecule has 1 aliphatic heterocycles. The van der Waals surface area contributed by atoms with Gasteiger partial charge in [-0.15, -0.1) is 10.2 Å². The van der Waals surface area contributed by atoms with Crippen molar-refractivity contribution in [2.24, 2.45) is 21.8 Å². The summed E-state index contributed by atoms with van der Waals surface area (Å²) >= 11 is 0. The molecule has 0 atom stereocenters. The van der Waals surface area contributed by atoms with Crippen LogP contribution in [-0.4, -0.2) is 78.1 Å². The Kier molecular flexibility index (Phi) is 8.13. The number of aliphatic imine (C=N–C) groups is 2. The second kappa shape index (κ2) is 11.4. The topological polar surface area (TPSA) is 86.1 Å². The number of rotatable bonds is 7. The molecule has 34 heavy (non-hydrogen) atoms. The highest BCUT2D eigenvalue weighted by Crippen LogP contribution is 2.30. The molecule has 1 aliphatic carbocycles. The average molecular weight is 462 g/mol. The van der Waals surface area contributed by atoms with E-state index in [2.05, 4.69) is 49.1 Å². The second-order valence-corrected chi connectivity index (χ2v) is 9.51. The maximum Gasteiger partial charge on any atom is 0.228 e. The van der Waals surface area contributed by atoms with E-state index < -0.39 is 0 Å². The predicted molar refractivity (Wildman–Crippen MR) is 138 cm³/mol. The second-order valence-electron chi connectivity index (χ2n) is 9.51. The van der Waals surface area contributed by atoms with Gasteiger partial charge in [0.2, 0.25) is 5.91 Å². The van der Waals surface area contributed by atoms with Gasteiger partial charge in [-0.1, -0.05) is 6.07 Å². The molecule has 2 aliphatic rings. The molecule has 8 nitrogen and oxygen atoms in total. The van der Waals surface area contributed by atoms with Crippen molar-refractivity contribution in [1.82, 2.24) is 20.0 Å². The van der Waals surface area contributed by atoms with Crippen molar-refractivity contribution >= 4 is 35.1 Å². The van der Waals surface area contributed by atoms with Crippen molar-refractivity contribution in [2.45, 2.75) is 32.6 Å². The largest absolute Gasteiger partial charge is 0.309 e. The zero-order chi connectivity index (χ0) is 23.9. The summed E-state index contributed by atoms with van der Waals surface area (Å²) in [7, 11) is 2.19. The van der Waals surface area contributed by atoms with Crippen molar-refractivity contribution in [3.05, 3.63) is 42.2 Å². The molecule has 2 aromatic rings. The van der Waals surface area contributed by atoms with Crippen LogP contribution >= 0.6 is 0 Å². The molecule has 1 saturated heterocycles. The van der Waals surface area contributed by atoms with Crippen molar-refractivity contribution in [1.29, 1.82) is 0 Å². The fraction of sp³-hybridized carbons (Fsp3) is 0.500. The van der Waals surface area contributed by atoms with E-state index in [4.69, 9.17) is 0 Å². The van der Waals surface area contributed by atoms with E-state index in [1.165, 1.54) is 6.54 Å². The molecule has 0 bridgehead atoms. The van der Waals surface area contributed by atoms with Gasteiger partial charge in [0.25, 0.3) is 0 Å². The highest BCUT2D eigenvalue weighted by Gasteiger charge is 2.28. The molecule has 1 aromatic carbocycles. The van der Waals surface area contributed by atoms with E-state index >= 15 is 0 Å². The Hall–Kier alpha value is -2.97. The van der Waals surface area contributed by atoms with Gasteiger partial charge in [0.05, 0.1) is 5.52 Å². The van der Waals surface area contributed by atoms with Crippen LogP contribution in [0.5, 0.6) is 0 Å². The predicted octanol–water partition coefficient (Wildman–Crippen LogP) is 3.60. The van der Waals surface area contributed by atoms with Gasteiger partial charge in [-0.2, -0.15) is 0 Å². The average Bonchev–Trinajstić information content (AvgIpc) is 2.85. The first kappa shape index (κ1) is 24.2. The molecular formula is C26H35N7O. The fourth-order valence-corrected chi connectivity index (χ4v) is 4.83. The third kappa shape index (κ3) is 6.33. The van der Waals surface area contributed by atoms with E-state index in [9.17, 15) is 4.79 Å². The lowest BCUT2D eigenvalue weighted by molar-refractivity contribution is -0.121. The van der Waals surface area contributed by atoms with Gasteiger partial charge in [-0.25, -0.2) is 0 Å². The summed E-state index contributed by atoms with van der Waals surface area (Å²) in [6.45, 7) is 11.1. The first-order chi connectivity index (χ1) is 16.5. The van der Waals surface area contributed by atoms with Crippen molar-refractivity contribution in [3.8, 4) is 0 Å². The van der Waals surface area contributed by atoms with E-state index in [1.54, 1.807) is 12.4 Å². The maximum atomic E-state index is 12.9. The lowest BCUT2D eigenvalue weighted by Crippen LogP contribution is -2.46. The summed E-state index contributed by atoms with van der Waals surface area (Å²) in [5.41, 5.74) is 2.62. The Balaban J connectivity index is 1.33. The van der Waals surface area contributed by atoms with Crippen molar-refractivity contribution in [3.63, 3.8) is 0 Å². The van der Waals surface area contributed by atoms with Crippen LogP contribution in [0.15, 0.2) is 46.7 Å². The number of hydrogen-bond donors (Lipinski definition) is 1. The van der Waals surface area contributed by atoms with Gasteiger partial charge < -0.3 is 15.1 Å². The smallest absolute Gasteiger partial charge is 0.228 e. The van der Waals surface area contributed by atoms with Gasteiger partial charge >= 0.3 is 0 Å². The van der Waals surface area contributed by atoms with Crippen molar-refractivity contribution < 1.29 is 4.79 Å². The Morgan fingerprint density at radius 2 is 1.88 bits per heavy atom. The number of carbonyl (C=O) groups is 1. The van der Waals surface area contributed by atoms with Crippen LogP contribution in [-0.2, 0) is 4.79 Å². The monoisotopic (exact) mass is 461 g/mol. The van der Waals surface area contributed by atoms with E-state index in [0.717, 1.165) is 74.0 Å². The molecule has 4 rings (SSSR count). The SMILES string of the molecule is C=N/C=C\N=C(C)c1ccc2nnc(NC(=O)C3CCC(CN4CCN(C)CC4)CC3)cc2c1. The number of amides is 1. The van der Waals surface area contributed by atoms with E-state index in [0.29, 0.717) is 11.7 Å². The molecule has 2 heterocycles. The Morgan fingerprint density at radius 1 is 1.12 bits per heavy atom. The van der Waals surface area contributed by atoms with Gasteiger partial charge in [0, 0.05) is 62.1 Å². The number of fused-ring (bicyclic) bond motifs is 1. The minimum Gasteiger partial charge on any atom is -0.309 e. The lowest BCUT2D eigenvalue weighted by atomic mass is 9.81. The fourth-order valence-electron chi connectivity index (χ4n) is 4.83. The Bertz CT molecular complexity index is 1060. The summed E-state index contributed by atoms with van der Waals surface area (Å²) in [5.74, 6) is 1.31. The van der Waals surface area contributed by atoms with Crippen LogP contribution in [0, 0.1) is 11.8 Å². The Morgan fingerprint density at radius 3 is 2.62 bits per heavy atom. The normalized spacial score (nSPS) is 22.8. The summed E-state index contributed by atoms with van der Waals surface area (Å²) < 4.78 is 0. The van der Waals surface area contributed by atoms with Crippen LogP contribution in [0.2, 0.25) is 0 Å². The highest BCUT2D eigenvalue weighted by atomic mass is 16.1. The standard InChI is InChI=1S/C26H35N7O/c1-19(28-11-10-27-2)22-8-9-24-23(16-22)17-25(31-30-24)29-26(34)21-6-4-20(5-7-21)18-33-14-12-32(3)13-15-33/h8-11,16-17,20-21H,2,4-7,12-15,18H2,1,3H3,(H,29,31,34)/b11-10-,28-19?. The molecule has 0 spiro atoms. The van der Waals surface area contributed by atoms with Crippen LogP contribution in [0.1, 0.15) is 38.2 Å². The van der Waals surface area contributed by atoms with E-state index in [-0.39, 0.29) is 11.8 Å². The quantitative estimate of drug-likeness (QED) is 0.637. The molecular weight excluding hydrogens is 426 g/mol. The van der Waals surface area contributed by atoms with Gasteiger partial charge in [0.1, 0.15) is 0 Å². The summed E-state index contributed by atoms with van der Waals surface area (Å²) in [5, 5.41) is 12.4. The highest BCUT2D eigenvalue weighted by molar-refractivity contribution is 6.02. The number of benzene rings is 1. The third-order valence-electron chi connectivity index (χ3n) is 7.02. The van der Waals surface area contributed by atoms with E-state index in [1.807, 2.05) is 31.2 Å². The first-order valence-electron chi connectivity index (χ1n) is 12.2. The van der Waals surface area contributed by atoms with Crippen LogP contribution in [0.4, 0.5) is 5.82 Å². The van der Waals surface area contributed by atoms with Gasteiger partial charge in [-0.3, -0.25) is 14.8 Å². The maximum absolute atomic E-state index is 12.9. The number of piperazine rings is 1. The van der Waals surface area contributed by atoms with Crippen LogP contribution in [0.3, 0.4) is 0 Å². The minimum atomic E-state index is 0.0483. The van der Waals surface area contributed by atoms with Crippen molar-refractivity contribution in [2.75, 3.05) is 45.1 Å². The molecule has 1 aromatic heterocycles. The molecule has 180 valence electrons. The third-order valence-corrected chi connectivity index (χ3v) is 7.02. The lowest BCUT2D eigenvalue weighted by Gasteiger charge is -2.36. The van der Waals surface area contributed by atoms with Gasteiger partial charge in [-0.05, 0) is 76.1 Å². The summed E-state index contributed by atoms with van der Waals surface area (Å²) in [6.07, 6.45) is 7.28. The minimum absolute atomic E-state index is 0.0483. The molecule has 1 amide bonds. The summed E-state index contributed by atoms with van der Waals surface area (Å²) in [6, 6.07) is 7.78. The zero-order valence-electron chi connectivity index (χ0n) is 20.3. The molecule has 2 fully saturated rings. The zero-order valence-corrected chi connectivity index (χ0v) is 20.3. The van der Waals surface area contributed by atoms with Crippen LogP contribution < -0.4 is 5.32 Å². The number of nitrogens with one attached hydrogen (secondary N) is 1. The number of hydrogen-bond acceptors (Lipinski definition) is 7. The first-order valence-corrected chi connectivity index (χ1v) is 12.2. The molecule has 0 unspecified atom stereocenters. The van der Waals surface area contributed by atoms with Gasteiger partial charge in [0.15, 0.2) is 5.82 Å². The number of nitrogens with zero attached hydrogens (tertiary/aromatic N) is 6. The van der Waals surface area contributed by atoms with Crippen LogP contribution in [0.25, 0.3) is 10.9 Å². The molecule has 0 radical (unpaired) electrons. The number of likely N-dealkylation sites (N-methyl/N-ethyl adjacent to an activating group) is 1. The number of carbonyl (C=O) groups excluding carboxylic acids is 1. The number of anilines is 1.